The van der Waals surface area contributed by atoms with Gasteiger partial charge in [-0.05, 0) is 30.7 Å². The van der Waals surface area contributed by atoms with Crippen molar-refractivity contribution in [2.45, 2.75) is 12.8 Å². The quantitative estimate of drug-likeness (QED) is 0.735. The summed E-state index contributed by atoms with van der Waals surface area (Å²) in [5.41, 5.74) is 1.18. The highest BCUT2D eigenvalue weighted by Crippen LogP contribution is 2.09. The molecule has 1 rings (SSSR count). The normalized spacial score (nSPS) is 9.78. The Balaban J connectivity index is 2.09. The molecule has 0 aromatic heterocycles. The molecule has 0 fully saturated rings. The second kappa shape index (κ2) is 8.51. The molecule has 4 nitrogen and oxygen atoms in total. The molecular formula is C13H16ClN3O. The fourth-order valence-electron chi connectivity index (χ4n) is 1.41. The Hall–Kier alpha value is -1.57. The van der Waals surface area contributed by atoms with Crippen LogP contribution in [0.2, 0.25) is 5.02 Å². The van der Waals surface area contributed by atoms with E-state index in [1.807, 2.05) is 30.3 Å². The van der Waals surface area contributed by atoms with Crippen LogP contribution in [0.4, 0.5) is 0 Å². The van der Waals surface area contributed by atoms with E-state index in [0.717, 1.165) is 18.0 Å². The number of nitrogens with one attached hydrogen (secondary N) is 2. The molecule has 0 aliphatic carbocycles. The lowest BCUT2D eigenvalue weighted by atomic mass is 10.1. The van der Waals surface area contributed by atoms with E-state index >= 15 is 0 Å². The summed E-state index contributed by atoms with van der Waals surface area (Å²) in [6, 6.07) is 9.61. The number of nitrogens with zero attached hydrogens (tertiary/aromatic N) is 1. The van der Waals surface area contributed by atoms with Crippen molar-refractivity contribution in [3.8, 4) is 6.07 Å². The highest BCUT2D eigenvalue weighted by atomic mass is 35.5. The van der Waals surface area contributed by atoms with Crippen LogP contribution in [0.15, 0.2) is 24.3 Å². The van der Waals surface area contributed by atoms with Gasteiger partial charge in [-0.1, -0.05) is 23.7 Å². The monoisotopic (exact) mass is 265 g/mol. The van der Waals surface area contributed by atoms with Crippen LogP contribution in [0.1, 0.15) is 12.0 Å². The number of nitriles is 1. The van der Waals surface area contributed by atoms with Crippen molar-refractivity contribution in [1.29, 1.82) is 5.26 Å². The lowest BCUT2D eigenvalue weighted by Crippen LogP contribution is -2.35. The molecule has 0 aliphatic heterocycles. The molecule has 0 bridgehead atoms. The van der Waals surface area contributed by atoms with Crippen LogP contribution in [0.25, 0.3) is 0 Å². The highest BCUT2D eigenvalue weighted by Gasteiger charge is 1.99. The first-order valence-corrected chi connectivity index (χ1v) is 6.19. The van der Waals surface area contributed by atoms with Crippen molar-refractivity contribution in [2.24, 2.45) is 0 Å². The molecule has 0 spiro atoms. The van der Waals surface area contributed by atoms with E-state index < -0.39 is 0 Å². The van der Waals surface area contributed by atoms with E-state index in [0.29, 0.717) is 13.0 Å². The molecular weight excluding hydrogens is 250 g/mol. The standard InChI is InChI=1S/C13H16ClN3O/c14-12-4-2-11(3-5-12)6-9-16-10-13(18)17-8-1-7-15/h2-5,16H,1,6,8-10H2,(H,17,18). The SMILES string of the molecule is N#CCCNC(=O)CNCCc1ccc(Cl)cc1. The Labute approximate surface area is 112 Å². The van der Waals surface area contributed by atoms with Crippen LogP contribution < -0.4 is 10.6 Å². The van der Waals surface area contributed by atoms with Gasteiger partial charge in [-0.25, -0.2) is 0 Å². The number of carbonyl (C=O) groups excluding carboxylic acids is 1. The summed E-state index contributed by atoms with van der Waals surface area (Å²) >= 11 is 5.78. The van der Waals surface area contributed by atoms with Crippen LogP contribution in [0, 0.1) is 11.3 Å². The van der Waals surface area contributed by atoms with Gasteiger partial charge in [0.25, 0.3) is 0 Å². The average molecular weight is 266 g/mol. The van der Waals surface area contributed by atoms with Crippen LogP contribution in [0.5, 0.6) is 0 Å². The van der Waals surface area contributed by atoms with Crippen LogP contribution in [-0.2, 0) is 11.2 Å². The second-order valence-corrected chi connectivity index (χ2v) is 4.25. The van der Waals surface area contributed by atoms with E-state index in [4.69, 9.17) is 16.9 Å². The van der Waals surface area contributed by atoms with E-state index in [2.05, 4.69) is 10.6 Å². The van der Waals surface area contributed by atoms with Crippen molar-refractivity contribution in [2.75, 3.05) is 19.6 Å². The number of benzene rings is 1. The first kappa shape index (κ1) is 14.5. The molecule has 0 heterocycles. The third-order valence-electron chi connectivity index (χ3n) is 2.35. The van der Waals surface area contributed by atoms with Gasteiger partial charge in [-0.15, -0.1) is 0 Å². The zero-order valence-corrected chi connectivity index (χ0v) is 10.8. The fraction of sp³-hybridized carbons (Fsp3) is 0.385. The number of halogens is 1. The number of hydrogen-bond donors (Lipinski definition) is 2. The lowest BCUT2D eigenvalue weighted by Gasteiger charge is -2.05. The van der Waals surface area contributed by atoms with Crippen molar-refractivity contribution in [1.82, 2.24) is 10.6 Å². The number of carbonyl (C=O) groups is 1. The van der Waals surface area contributed by atoms with Crippen LogP contribution in [0.3, 0.4) is 0 Å². The second-order valence-electron chi connectivity index (χ2n) is 3.81. The molecule has 0 unspecified atom stereocenters. The number of hydrogen-bond acceptors (Lipinski definition) is 3. The molecule has 5 heteroatoms. The molecule has 0 atom stereocenters. The number of amides is 1. The van der Waals surface area contributed by atoms with Crippen molar-refractivity contribution in [3.63, 3.8) is 0 Å². The summed E-state index contributed by atoms with van der Waals surface area (Å²) < 4.78 is 0. The Bertz CT molecular complexity index is 411. The van der Waals surface area contributed by atoms with Gasteiger partial charge in [0.1, 0.15) is 0 Å². The van der Waals surface area contributed by atoms with Crippen LogP contribution in [-0.4, -0.2) is 25.5 Å². The molecule has 0 saturated carbocycles. The maximum Gasteiger partial charge on any atom is 0.233 e. The molecule has 1 aromatic carbocycles. The predicted molar refractivity (Wildman–Crippen MR) is 71.3 cm³/mol. The van der Waals surface area contributed by atoms with Gasteiger partial charge in [-0.3, -0.25) is 4.79 Å². The molecule has 1 aromatic rings. The molecule has 0 aliphatic rings. The maximum absolute atomic E-state index is 11.3. The maximum atomic E-state index is 11.3. The summed E-state index contributed by atoms with van der Waals surface area (Å²) in [6.07, 6.45) is 1.19. The minimum absolute atomic E-state index is 0.0821. The summed E-state index contributed by atoms with van der Waals surface area (Å²) in [5.74, 6) is -0.0821. The first-order valence-electron chi connectivity index (χ1n) is 5.81. The molecule has 1 amide bonds. The van der Waals surface area contributed by atoms with Gasteiger partial charge in [0.05, 0.1) is 19.0 Å². The van der Waals surface area contributed by atoms with Crippen molar-refractivity contribution >= 4 is 17.5 Å². The predicted octanol–water partition coefficient (Wildman–Crippen LogP) is 1.50. The summed E-state index contributed by atoms with van der Waals surface area (Å²) in [4.78, 5) is 11.3. The smallest absolute Gasteiger partial charge is 0.233 e. The summed E-state index contributed by atoms with van der Waals surface area (Å²) in [6.45, 7) is 1.42. The molecule has 18 heavy (non-hydrogen) atoms. The third-order valence-corrected chi connectivity index (χ3v) is 2.60. The van der Waals surface area contributed by atoms with Gasteiger partial charge in [0.2, 0.25) is 5.91 Å². The lowest BCUT2D eigenvalue weighted by molar-refractivity contribution is -0.120. The highest BCUT2D eigenvalue weighted by molar-refractivity contribution is 6.30. The van der Waals surface area contributed by atoms with E-state index in [1.54, 1.807) is 0 Å². The molecule has 96 valence electrons. The zero-order valence-electron chi connectivity index (χ0n) is 10.1. The summed E-state index contributed by atoms with van der Waals surface area (Å²) in [5, 5.41) is 14.7. The Morgan fingerprint density at radius 1 is 1.28 bits per heavy atom. The fourth-order valence-corrected chi connectivity index (χ4v) is 1.53. The number of rotatable bonds is 7. The van der Waals surface area contributed by atoms with Gasteiger partial charge in [-0.2, -0.15) is 5.26 Å². The summed E-state index contributed by atoms with van der Waals surface area (Å²) in [7, 11) is 0. The van der Waals surface area contributed by atoms with Crippen LogP contribution >= 0.6 is 11.6 Å². The van der Waals surface area contributed by atoms with E-state index in [1.165, 1.54) is 5.56 Å². The van der Waals surface area contributed by atoms with E-state index in [-0.39, 0.29) is 12.5 Å². The Kier molecular flexibility index (Phi) is 6.85. The van der Waals surface area contributed by atoms with Gasteiger partial charge in [0, 0.05) is 11.6 Å². The molecule has 0 radical (unpaired) electrons. The Morgan fingerprint density at radius 2 is 2.00 bits per heavy atom. The minimum Gasteiger partial charge on any atom is -0.354 e. The third kappa shape index (κ3) is 6.24. The molecule has 2 N–H and O–H groups in total. The van der Waals surface area contributed by atoms with Crippen molar-refractivity contribution < 1.29 is 4.79 Å². The van der Waals surface area contributed by atoms with Gasteiger partial charge < -0.3 is 10.6 Å². The zero-order chi connectivity index (χ0) is 13.2. The topological polar surface area (TPSA) is 64.9 Å². The minimum atomic E-state index is -0.0821. The first-order chi connectivity index (χ1) is 8.72. The van der Waals surface area contributed by atoms with Gasteiger partial charge >= 0.3 is 0 Å². The van der Waals surface area contributed by atoms with Gasteiger partial charge in [0.15, 0.2) is 0 Å². The largest absolute Gasteiger partial charge is 0.354 e. The Morgan fingerprint density at radius 3 is 2.67 bits per heavy atom. The van der Waals surface area contributed by atoms with E-state index in [9.17, 15) is 4.79 Å². The molecule has 0 saturated heterocycles. The average Bonchev–Trinajstić information content (AvgIpc) is 2.37. The van der Waals surface area contributed by atoms with Crippen molar-refractivity contribution in [3.05, 3.63) is 34.9 Å².